The lowest BCUT2D eigenvalue weighted by Gasteiger charge is -2.68. The van der Waals surface area contributed by atoms with Crippen LogP contribution in [0.4, 0.5) is 0 Å². The number of carbonyl (C=O) groups is 2. The van der Waals surface area contributed by atoms with E-state index in [1.54, 1.807) is 0 Å². The Hall–Kier alpha value is -1.82. The quantitative estimate of drug-likeness (QED) is 0.0960. The van der Waals surface area contributed by atoms with Crippen LogP contribution in [0.15, 0.2) is 24.3 Å². The molecular formula is C39H64O10. The van der Waals surface area contributed by atoms with Crippen molar-refractivity contribution in [2.24, 2.45) is 45.8 Å². The Morgan fingerprint density at radius 3 is 2.20 bits per heavy atom. The van der Waals surface area contributed by atoms with Gasteiger partial charge < -0.3 is 39.7 Å². The first-order valence-corrected chi connectivity index (χ1v) is 18.4. The molecule has 49 heavy (non-hydrogen) atoms. The van der Waals surface area contributed by atoms with Crippen LogP contribution in [0.25, 0.3) is 0 Å². The highest BCUT2D eigenvalue weighted by atomic mass is 16.7. The zero-order valence-electron chi connectivity index (χ0n) is 31.1. The third-order valence-corrected chi connectivity index (χ3v) is 14.1. The monoisotopic (exact) mass is 692 g/mol. The highest BCUT2D eigenvalue weighted by Crippen LogP contribution is 2.74. The van der Waals surface area contributed by atoms with Crippen molar-refractivity contribution in [1.29, 1.82) is 0 Å². The third kappa shape index (κ3) is 7.29. The summed E-state index contributed by atoms with van der Waals surface area (Å²) in [5, 5.41) is 54.0. The zero-order valence-corrected chi connectivity index (χ0v) is 31.1. The molecule has 1 aliphatic heterocycles. The van der Waals surface area contributed by atoms with E-state index in [1.807, 2.05) is 13.8 Å². The Morgan fingerprint density at radius 1 is 1.02 bits per heavy atom. The van der Waals surface area contributed by atoms with E-state index in [2.05, 4.69) is 47.8 Å². The summed E-state index contributed by atoms with van der Waals surface area (Å²) in [5.74, 6) is -1.45. The van der Waals surface area contributed by atoms with Crippen LogP contribution >= 0.6 is 0 Å². The van der Waals surface area contributed by atoms with Crippen LogP contribution in [0, 0.1) is 45.8 Å². The normalized spacial score (nSPS) is 43.3. The second-order valence-corrected chi connectivity index (χ2v) is 17.3. The van der Waals surface area contributed by atoms with Gasteiger partial charge in [0.05, 0.1) is 18.3 Å². The maximum Gasteiger partial charge on any atom is 0.303 e. The van der Waals surface area contributed by atoms with Crippen LogP contribution in [-0.2, 0) is 23.8 Å². The van der Waals surface area contributed by atoms with Crippen molar-refractivity contribution in [3.8, 4) is 0 Å². The minimum atomic E-state index is -1.56. The van der Waals surface area contributed by atoms with E-state index in [9.17, 15) is 35.1 Å². The molecule has 14 atom stereocenters. The number of aliphatic hydroxyl groups excluding tert-OH is 3. The predicted molar refractivity (Wildman–Crippen MR) is 185 cm³/mol. The van der Waals surface area contributed by atoms with Gasteiger partial charge in [0.15, 0.2) is 12.4 Å². The van der Waals surface area contributed by atoms with Gasteiger partial charge in [0.2, 0.25) is 0 Å². The molecule has 0 bridgehead atoms. The Bertz CT molecular complexity index is 1250. The van der Waals surface area contributed by atoms with Gasteiger partial charge in [0, 0.05) is 13.3 Å². The third-order valence-electron chi connectivity index (χ3n) is 14.1. The lowest BCUT2D eigenvalue weighted by atomic mass is 9.37. The van der Waals surface area contributed by atoms with Gasteiger partial charge >= 0.3 is 11.9 Å². The standard InChI is InChI=1S/C39H64O10/c1-21(2)23(5)11-18-39(10,46)26-13-17-38(9)31(26)27(48-35-34(47-24(6)41)33(45)32(44)28(20-40)49-35)19-29-36(7,15-14-30(42)43)25(22(3)4)12-16-37(29,38)8/h21,25-29,31-35,40,44-46H,3,5,11-20H2,1-2,4,6-10H3,(H,42,43)/t25-,26+,27+,28+,29+,31-,32+,33-,34+,35+,36-,37+,38+,39-/m0/s1. The lowest BCUT2D eigenvalue weighted by Crippen LogP contribution is -2.66. The van der Waals surface area contributed by atoms with Crippen molar-refractivity contribution < 1.29 is 49.3 Å². The van der Waals surface area contributed by atoms with E-state index >= 15 is 0 Å². The molecule has 3 saturated carbocycles. The number of rotatable bonds is 13. The van der Waals surface area contributed by atoms with Crippen LogP contribution < -0.4 is 0 Å². The topological polar surface area (TPSA) is 163 Å². The molecular weight excluding hydrogens is 628 g/mol. The fraction of sp³-hybridized carbons (Fsp3) is 0.846. The molecule has 4 aliphatic rings. The van der Waals surface area contributed by atoms with Crippen molar-refractivity contribution in [2.45, 2.75) is 156 Å². The van der Waals surface area contributed by atoms with Gasteiger partial charge in [-0.3, -0.25) is 9.59 Å². The average Bonchev–Trinajstić information content (AvgIpc) is 3.39. The van der Waals surface area contributed by atoms with Crippen molar-refractivity contribution in [2.75, 3.05) is 6.61 Å². The summed E-state index contributed by atoms with van der Waals surface area (Å²) in [7, 11) is 0. The summed E-state index contributed by atoms with van der Waals surface area (Å²) in [6, 6.07) is 0. The number of hydrogen-bond acceptors (Lipinski definition) is 9. The summed E-state index contributed by atoms with van der Waals surface area (Å²) in [6.07, 6.45) is -1.76. The molecule has 280 valence electrons. The molecule has 1 saturated heterocycles. The number of carboxylic acid groups (broad SMARTS) is 1. The van der Waals surface area contributed by atoms with Gasteiger partial charge in [-0.15, -0.1) is 0 Å². The molecule has 0 aromatic rings. The second kappa shape index (κ2) is 14.7. The van der Waals surface area contributed by atoms with Crippen molar-refractivity contribution in [3.05, 3.63) is 24.3 Å². The number of esters is 1. The summed E-state index contributed by atoms with van der Waals surface area (Å²) in [4.78, 5) is 24.2. The smallest absolute Gasteiger partial charge is 0.303 e. The molecule has 0 aromatic heterocycles. The van der Waals surface area contributed by atoms with Crippen LogP contribution in [0.3, 0.4) is 0 Å². The predicted octanol–water partition coefficient (Wildman–Crippen LogP) is 5.40. The summed E-state index contributed by atoms with van der Waals surface area (Å²) >= 11 is 0. The number of carbonyl (C=O) groups excluding carboxylic acids is 1. The van der Waals surface area contributed by atoms with E-state index < -0.39 is 66.4 Å². The highest BCUT2D eigenvalue weighted by molar-refractivity contribution is 5.67. The Balaban J connectivity index is 1.84. The van der Waals surface area contributed by atoms with E-state index in [0.29, 0.717) is 31.6 Å². The number of fused-ring (bicyclic) bond motifs is 3. The first kappa shape index (κ1) is 40.0. The van der Waals surface area contributed by atoms with Crippen molar-refractivity contribution in [1.82, 2.24) is 0 Å². The lowest BCUT2D eigenvalue weighted by molar-refractivity contribution is -0.334. The molecule has 5 N–H and O–H groups in total. The maximum atomic E-state index is 12.3. The van der Waals surface area contributed by atoms with Gasteiger partial charge in [-0.2, -0.15) is 0 Å². The number of aliphatic hydroxyl groups is 4. The molecule has 0 radical (unpaired) electrons. The minimum Gasteiger partial charge on any atom is -0.481 e. The Kier molecular flexibility index (Phi) is 12.0. The van der Waals surface area contributed by atoms with Gasteiger partial charge in [-0.25, -0.2) is 0 Å². The van der Waals surface area contributed by atoms with E-state index in [4.69, 9.17) is 14.2 Å². The summed E-state index contributed by atoms with van der Waals surface area (Å²) in [5.41, 5.74) is 0.0712. The van der Waals surface area contributed by atoms with E-state index in [1.165, 1.54) is 6.92 Å². The molecule has 10 nitrogen and oxygen atoms in total. The molecule has 4 fully saturated rings. The summed E-state index contributed by atoms with van der Waals surface area (Å²) < 4.78 is 18.5. The van der Waals surface area contributed by atoms with Gasteiger partial charge in [-0.1, -0.05) is 58.9 Å². The van der Waals surface area contributed by atoms with Gasteiger partial charge in [-0.05, 0) is 111 Å². The van der Waals surface area contributed by atoms with Gasteiger partial charge in [0.25, 0.3) is 0 Å². The fourth-order valence-corrected chi connectivity index (χ4v) is 11.0. The number of ether oxygens (including phenoxy) is 3. The molecule has 0 spiro atoms. The molecule has 4 rings (SSSR count). The zero-order chi connectivity index (χ0) is 36.9. The molecule has 0 amide bonds. The fourth-order valence-electron chi connectivity index (χ4n) is 11.0. The molecule has 1 heterocycles. The number of hydrogen-bond donors (Lipinski definition) is 5. The highest BCUT2D eigenvalue weighted by Gasteiger charge is 2.70. The number of allylic oxidation sites excluding steroid dienone is 2. The maximum absolute atomic E-state index is 12.3. The molecule has 3 aliphatic carbocycles. The second-order valence-electron chi connectivity index (χ2n) is 17.3. The van der Waals surface area contributed by atoms with Crippen LogP contribution in [0.1, 0.15) is 113 Å². The van der Waals surface area contributed by atoms with Crippen molar-refractivity contribution >= 4 is 11.9 Å². The van der Waals surface area contributed by atoms with Gasteiger partial charge in [0.1, 0.15) is 18.3 Å². The first-order chi connectivity index (χ1) is 22.6. The van der Waals surface area contributed by atoms with Crippen LogP contribution in [0.5, 0.6) is 0 Å². The van der Waals surface area contributed by atoms with Crippen molar-refractivity contribution in [3.63, 3.8) is 0 Å². The Morgan fingerprint density at radius 2 is 1.65 bits per heavy atom. The van der Waals surface area contributed by atoms with E-state index in [0.717, 1.165) is 36.8 Å². The Labute approximate surface area is 293 Å². The number of aliphatic carboxylic acids is 1. The van der Waals surface area contributed by atoms with Crippen LogP contribution in [-0.4, -0.2) is 86.5 Å². The molecule has 0 unspecified atom stereocenters. The average molecular weight is 693 g/mol. The van der Waals surface area contributed by atoms with E-state index in [-0.39, 0.29) is 40.9 Å². The largest absolute Gasteiger partial charge is 0.481 e. The summed E-state index contributed by atoms with van der Waals surface area (Å²) in [6.45, 7) is 24.3. The minimum absolute atomic E-state index is 0.00499. The first-order valence-electron chi connectivity index (χ1n) is 18.4. The molecule has 0 aromatic carbocycles. The molecule has 10 heteroatoms. The van der Waals surface area contributed by atoms with Crippen LogP contribution in [0.2, 0.25) is 0 Å². The SMILES string of the molecule is C=C(CC[C@](C)(O)[C@@H]1CC[C@]2(C)[C@@H]1[C@H](O[C@@H]1O[C@H](CO)[C@@H](O)[C@H](O)[C@H]1OC(C)=O)C[C@@H]1[C@@](C)(CCC(=O)O)[C@H](C(=C)C)CC[C@]12C)C(C)C. The number of carboxylic acids is 1.